The summed E-state index contributed by atoms with van der Waals surface area (Å²) in [5, 5.41) is 12.5. The molecule has 4 nitrogen and oxygen atoms in total. The molecule has 0 spiro atoms. The first-order chi connectivity index (χ1) is 8.92. The molecule has 18 heavy (non-hydrogen) atoms. The van der Waals surface area contributed by atoms with Gasteiger partial charge in [-0.3, -0.25) is 0 Å². The minimum atomic E-state index is 0.735. The van der Waals surface area contributed by atoms with E-state index in [0.717, 1.165) is 18.8 Å². The summed E-state index contributed by atoms with van der Waals surface area (Å²) < 4.78 is 0. The van der Waals surface area contributed by atoms with Crippen LogP contribution in [0, 0.1) is 0 Å². The van der Waals surface area contributed by atoms with Crippen molar-refractivity contribution in [3.63, 3.8) is 0 Å². The molecule has 2 heterocycles. The van der Waals surface area contributed by atoms with Gasteiger partial charge in [0, 0.05) is 31.0 Å². The van der Waals surface area contributed by atoms with Crippen LogP contribution in [0.25, 0.3) is 10.9 Å². The zero-order valence-corrected chi connectivity index (χ0v) is 9.93. The standard InChI is InChI=1S/C14H14N4/c1-2-13(18-17-6-1)10-15-9-11-3-4-14-12(8-11)5-7-16-14/h1-8,15-16H,9-10H2. The van der Waals surface area contributed by atoms with Crippen LogP contribution in [-0.2, 0) is 13.1 Å². The third-order valence-electron chi connectivity index (χ3n) is 2.88. The Hall–Kier alpha value is -2.20. The SMILES string of the molecule is c1cnnc(CNCc2ccc3[nH]ccc3c2)c1. The number of hydrogen-bond donors (Lipinski definition) is 2. The monoisotopic (exact) mass is 238 g/mol. The van der Waals surface area contributed by atoms with Crippen molar-refractivity contribution in [2.45, 2.75) is 13.1 Å². The van der Waals surface area contributed by atoms with Crippen LogP contribution in [0.4, 0.5) is 0 Å². The molecule has 3 rings (SSSR count). The summed E-state index contributed by atoms with van der Waals surface area (Å²) in [6.45, 7) is 1.57. The van der Waals surface area contributed by atoms with Crippen molar-refractivity contribution in [3.05, 3.63) is 60.0 Å². The molecule has 4 heteroatoms. The lowest BCUT2D eigenvalue weighted by Gasteiger charge is -2.04. The van der Waals surface area contributed by atoms with Gasteiger partial charge in [-0.25, -0.2) is 0 Å². The van der Waals surface area contributed by atoms with Gasteiger partial charge in [0.2, 0.25) is 0 Å². The highest BCUT2D eigenvalue weighted by molar-refractivity contribution is 5.79. The zero-order chi connectivity index (χ0) is 12.2. The van der Waals surface area contributed by atoms with Crippen molar-refractivity contribution in [1.82, 2.24) is 20.5 Å². The van der Waals surface area contributed by atoms with E-state index in [1.165, 1.54) is 16.5 Å². The molecule has 0 aliphatic heterocycles. The van der Waals surface area contributed by atoms with Gasteiger partial charge >= 0.3 is 0 Å². The van der Waals surface area contributed by atoms with E-state index < -0.39 is 0 Å². The van der Waals surface area contributed by atoms with Crippen LogP contribution >= 0.6 is 0 Å². The Balaban J connectivity index is 1.62. The van der Waals surface area contributed by atoms with Gasteiger partial charge in [0.25, 0.3) is 0 Å². The van der Waals surface area contributed by atoms with Gasteiger partial charge < -0.3 is 10.3 Å². The molecular formula is C14H14N4. The molecule has 0 amide bonds. The Kier molecular flexibility index (Phi) is 3.02. The molecule has 0 saturated heterocycles. The first kappa shape index (κ1) is 10.9. The van der Waals surface area contributed by atoms with E-state index in [0.29, 0.717) is 0 Å². The van der Waals surface area contributed by atoms with Crippen molar-refractivity contribution >= 4 is 10.9 Å². The molecule has 2 N–H and O–H groups in total. The van der Waals surface area contributed by atoms with Crippen LogP contribution < -0.4 is 5.32 Å². The number of aromatic nitrogens is 3. The molecule has 0 aliphatic carbocycles. The Morgan fingerprint density at radius 1 is 1.11 bits per heavy atom. The molecule has 0 fully saturated rings. The number of benzene rings is 1. The fraction of sp³-hybridized carbons (Fsp3) is 0.143. The van der Waals surface area contributed by atoms with E-state index in [1.54, 1.807) is 6.20 Å². The lowest BCUT2D eigenvalue weighted by Crippen LogP contribution is -2.13. The van der Waals surface area contributed by atoms with E-state index in [-0.39, 0.29) is 0 Å². The van der Waals surface area contributed by atoms with E-state index in [4.69, 9.17) is 0 Å². The molecule has 0 unspecified atom stereocenters. The number of H-pyrrole nitrogens is 1. The van der Waals surface area contributed by atoms with Crippen molar-refractivity contribution in [2.75, 3.05) is 0 Å². The van der Waals surface area contributed by atoms with Crippen LogP contribution in [0.3, 0.4) is 0 Å². The predicted molar refractivity (Wildman–Crippen MR) is 70.9 cm³/mol. The Labute approximate surface area is 105 Å². The molecule has 0 radical (unpaired) electrons. The van der Waals surface area contributed by atoms with Gasteiger partial charge in [-0.2, -0.15) is 10.2 Å². The molecule has 0 aliphatic rings. The number of fused-ring (bicyclic) bond motifs is 1. The normalized spacial score (nSPS) is 10.9. The number of nitrogens with one attached hydrogen (secondary N) is 2. The molecule has 0 bridgehead atoms. The second kappa shape index (κ2) is 4.98. The lowest BCUT2D eigenvalue weighted by molar-refractivity contribution is 0.670. The quantitative estimate of drug-likeness (QED) is 0.733. The summed E-state index contributed by atoms with van der Waals surface area (Å²) in [6, 6.07) is 12.4. The van der Waals surface area contributed by atoms with Crippen molar-refractivity contribution in [3.8, 4) is 0 Å². The third kappa shape index (κ3) is 2.38. The molecular weight excluding hydrogens is 224 g/mol. The summed E-state index contributed by atoms with van der Waals surface area (Å²) in [7, 11) is 0. The van der Waals surface area contributed by atoms with E-state index in [1.807, 2.05) is 18.3 Å². The van der Waals surface area contributed by atoms with Gasteiger partial charge in [-0.05, 0) is 41.3 Å². The van der Waals surface area contributed by atoms with Gasteiger partial charge in [0.15, 0.2) is 0 Å². The maximum absolute atomic E-state index is 4.03. The number of hydrogen-bond acceptors (Lipinski definition) is 3. The first-order valence-corrected chi connectivity index (χ1v) is 5.95. The Morgan fingerprint density at radius 3 is 3.00 bits per heavy atom. The van der Waals surface area contributed by atoms with Crippen molar-refractivity contribution < 1.29 is 0 Å². The second-order valence-corrected chi connectivity index (χ2v) is 4.22. The largest absolute Gasteiger partial charge is 0.361 e. The van der Waals surface area contributed by atoms with Crippen LogP contribution in [0.1, 0.15) is 11.3 Å². The average Bonchev–Trinajstić information content (AvgIpc) is 2.87. The molecule has 3 aromatic rings. The molecule has 90 valence electrons. The maximum atomic E-state index is 4.03. The lowest BCUT2D eigenvalue weighted by atomic mass is 10.1. The van der Waals surface area contributed by atoms with E-state index in [9.17, 15) is 0 Å². The summed E-state index contributed by atoms with van der Waals surface area (Å²) in [5.41, 5.74) is 3.40. The maximum Gasteiger partial charge on any atom is 0.0769 e. The number of aromatic amines is 1. The highest BCUT2D eigenvalue weighted by Gasteiger charge is 1.98. The topological polar surface area (TPSA) is 53.6 Å². The highest BCUT2D eigenvalue weighted by atomic mass is 15.1. The summed E-state index contributed by atoms with van der Waals surface area (Å²) in [6.07, 6.45) is 3.64. The number of nitrogens with zero attached hydrogens (tertiary/aromatic N) is 2. The number of rotatable bonds is 4. The van der Waals surface area contributed by atoms with E-state index in [2.05, 4.69) is 44.8 Å². The van der Waals surface area contributed by atoms with Crippen LogP contribution in [-0.4, -0.2) is 15.2 Å². The Bertz CT molecular complexity index is 630. The van der Waals surface area contributed by atoms with E-state index >= 15 is 0 Å². The van der Waals surface area contributed by atoms with Crippen LogP contribution in [0.15, 0.2) is 48.8 Å². The molecule has 0 saturated carbocycles. The minimum absolute atomic E-state index is 0.735. The predicted octanol–water partition coefficient (Wildman–Crippen LogP) is 2.25. The zero-order valence-electron chi connectivity index (χ0n) is 9.93. The first-order valence-electron chi connectivity index (χ1n) is 5.95. The van der Waals surface area contributed by atoms with Gasteiger partial charge in [-0.15, -0.1) is 0 Å². The minimum Gasteiger partial charge on any atom is -0.361 e. The summed E-state index contributed by atoms with van der Waals surface area (Å²) in [5.74, 6) is 0. The highest BCUT2D eigenvalue weighted by Crippen LogP contribution is 2.14. The van der Waals surface area contributed by atoms with Gasteiger partial charge in [-0.1, -0.05) is 6.07 Å². The van der Waals surface area contributed by atoms with Crippen LogP contribution in [0.5, 0.6) is 0 Å². The molecule has 0 atom stereocenters. The molecule has 1 aromatic carbocycles. The van der Waals surface area contributed by atoms with Gasteiger partial charge in [0.05, 0.1) is 5.69 Å². The molecule has 2 aromatic heterocycles. The fourth-order valence-corrected chi connectivity index (χ4v) is 1.98. The second-order valence-electron chi connectivity index (χ2n) is 4.22. The van der Waals surface area contributed by atoms with Crippen LogP contribution in [0.2, 0.25) is 0 Å². The van der Waals surface area contributed by atoms with Crippen molar-refractivity contribution in [2.24, 2.45) is 0 Å². The average molecular weight is 238 g/mol. The van der Waals surface area contributed by atoms with Crippen molar-refractivity contribution in [1.29, 1.82) is 0 Å². The Morgan fingerprint density at radius 2 is 2.11 bits per heavy atom. The third-order valence-corrected chi connectivity index (χ3v) is 2.88. The summed E-state index contributed by atoms with van der Waals surface area (Å²) in [4.78, 5) is 3.19. The summed E-state index contributed by atoms with van der Waals surface area (Å²) >= 11 is 0. The van der Waals surface area contributed by atoms with Gasteiger partial charge in [0.1, 0.15) is 0 Å². The fourth-order valence-electron chi connectivity index (χ4n) is 1.98. The smallest absolute Gasteiger partial charge is 0.0769 e.